The monoisotopic (exact) mass is 336 g/mol. The lowest BCUT2D eigenvalue weighted by Crippen LogP contribution is -2.41. The van der Waals surface area contributed by atoms with Crippen molar-refractivity contribution in [1.29, 1.82) is 0 Å². The molecule has 2 nitrogen and oxygen atoms in total. The van der Waals surface area contributed by atoms with Crippen molar-refractivity contribution in [2.24, 2.45) is 5.41 Å². The summed E-state index contributed by atoms with van der Waals surface area (Å²) in [6.07, 6.45) is 1.15. The lowest BCUT2D eigenvalue weighted by atomic mass is 9.82. The van der Waals surface area contributed by atoms with Crippen molar-refractivity contribution in [3.8, 4) is 0 Å². The maximum atomic E-state index is 3.76. The Morgan fingerprint density at radius 1 is 0.880 bits per heavy atom. The SMILES string of the molecule is CCn1c2ccccc2c2cc(CNC(C)(C)CC(C)(C)C)ccc21. The molecule has 1 N–H and O–H groups in total. The Hall–Kier alpha value is -1.80. The van der Waals surface area contributed by atoms with Crippen molar-refractivity contribution in [2.75, 3.05) is 0 Å². The highest BCUT2D eigenvalue weighted by Gasteiger charge is 2.24. The van der Waals surface area contributed by atoms with E-state index < -0.39 is 0 Å². The molecule has 2 heteroatoms. The highest BCUT2D eigenvalue weighted by molar-refractivity contribution is 6.08. The van der Waals surface area contributed by atoms with Gasteiger partial charge in [-0.05, 0) is 56.4 Å². The number of nitrogens with zero attached hydrogens (tertiary/aromatic N) is 1. The van der Waals surface area contributed by atoms with Crippen molar-refractivity contribution in [3.63, 3.8) is 0 Å². The maximum Gasteiger partial charge on any atom is 0.0491 e. The van der Waals surface area contributed by atoms with Gasteiger partial charge in [-0.1, -0.05) is 45.0 Å². The number of aromatic nitrogens is 1. The lowest BCUT2D eigenvalue weighted by Gasteiger charge is -2.33. The number of aryl methyl sites for hydroxylation is 1. The molecular formula is C23H32N2. The van der Waals surface area contributed by atoms with Gasteiger partial charge in [-0.25, -0.2) is 0 Å². The lowest BCUT2D eigenvalue weighted by molar-refractivity contribution is 0.241. The summed E-state index contributed by atoms with van der Waals surface area (Å²) in [5.74, 6) is 0. The van der Waals surface area contributed by atoms with Crippen LogP contribution in [0.4, 0.5) is 0 Å². The molecule has 0 bridgehead atoms. The van der Waals surface area contributed by atoms with Crippen molar-refractivity contribution < 1.29 is 0 Å². The van der Waals surface area contributed by atoms with Crippen LogP contribution in [0.2, 0.25) is 0 Å². The molecule has 3 aromatic rings. The number of fused-ring (bicyclic) bond motifs is 3. The topological polar surface area (TPSA) is 17.0 Å². The first-order chi connectivity index (χ1) is 11.7. The normalized spacial score (nSPS) is 13.0. The fourth-order valence-corrected chi connectivity index (χ4v) is 4.28. The molecule has 0 aliphatic heterocycles. The van der Waals surface area contributed by atoms with E-state index in [9.17, 15) is 0 Å². The zero-order valence-corrected chi connectivity index (χ0v) is 16.6. The predicted octanol–water partition coefficient (Wildman–Crippen LogP) is 6.12. The van der Waals surface area contributed by atoms with Crippen LogP contribution >= 0.6 is 0 Å². The quantitative estimate of drug-likeness (QED) is 0.594. The van der Waals surface area contributed by atoms with Gasteiger partial charge in [0.25, 0.3) is 0 Å². The molecular weight excluding hydrogens is 304 g/mol. The van der Waals surface area contributed by atoms with E-state index in [2.05, 4.69) is 93.9 Å². The number of rotatable bonds is 5. The van der Waals surface area contributed by atoms with Crippen LogP contribution in [0.25, 0.3) is 21.8 Å². The van der Waals surface area contributed by atoms with Gasteiger partial charge in [-0.2, -0.15) is 0 Å². The van der Waals surface area contributed by atoms with Crippen molar-refractivity contribution >= 4 is 21.8 Å². The highest BCUT2D eigenvalue weighted by atomic mass is 15.0. The third-order valence-electron chi connectivity index (χ3n) is 4.90. The first-order valence-electron chi connectivity index (χ1n) is 9.45. The molecule has 0 saturated heterocycles. The maximum absolute atomic E-state index is 3.76. The average Bonchev–Trinajstić information content (AvgIpc) is 2.84. The third-order valence-corrected chi connectivity index (χ3v) is 4.90. The Morgan fingerprint density at radius 2 is 1.56 bits per heavy atom. The number of hydrogen-bond acceptors (Lipinski definition) is 1. The summed E-state index contributed by atoms with van der Waals surface area (Å²) >= 11 is 0. The molecule has 3 rings (SSSR count). The largest absolute Gasteiger partial charge is 0.341 e. The van der Waals surface area contributed by atoms with Gasteiger partial charge < -0.3 is 9.88 Å². The molecule has 25 heavy (non-hydrogen) atoms. The van der Waals surface area contributed by atoms with Crippen LogP contribution < -0.4 is 5.32 Å². The molecule has 0 spiro atoms. The Balaban J connectivity index is 1.90. The molecule has 134 valence electrons. The van der Waals surface area contributed by atoms with Crippen LogP contribution in [0.15, 0.2) is 42.5 Å². The van der Waals surface area contributed by atoms with E-state index >= 15 is 0 Å². The van der Waals surface area contributed by atoms with Crippen molar-refractivity contribution in [2.45, 2.75) is 66.6 Å². The number of benzene rings is 2. The summed E-state index contributed by atoms with van der Waals surface area (Å²) in [5.41, 5.74) is 4.48. The van der Waals surface area contributed by atoms with Gasteiger partial charge in [0.1, 0.15) is 0 Å². The van der Waals surface area contributed by atoms with Crippen molar-refractivity contribution in [1.82, 2.24) is 9.88 Å². The third kappa shape index (κ3) is 3.90. The van der Waals surface area contributed by atoms with Crippen LogP contribution in [-0.4, -0.2) is 10.1 Å². The number of para-hydroxylation sites is 1. The summed E-state index contributed by atoms with van der Waals surface area (Å²) in [5, 5.41) is 6.48. The van der Waals surface area contributed by atoms with Crippen molar-refractivity contribution in [3.05, 3.63) is 48.0 Å². The molecule has 0 amide bonds. The summed E-state index contributed by atoms with van der Waals surface area (Å²) in [6.45, 7) is 15.7. The second-order valence-corrected chi connectivity index (χ2v) is 9.09. The van der Waals surface area contributed by atoms with E-state index in [1.807, 2.05) is 0 Å². The van der Waals surface area contributed by atoms with E-state index in [1.54, 1.807) is 0 Å². The molecule has 0 unspecified atom stereocenters. The van der Waals surface area contributed by atoms with Crippen LogP contribution in [0.3, 0.4) is 0 Å². The van der Waals surface area contributed by atoms with Gasteiger partial charge in [0.2, 0.25) is 0 Å². The Kier molecular flexibility index (Phi) is 4.68. The highest BCUT2D eigenvalue weighted by Crippen LogP contribution is 2.30. The molecule has 0 aliphatic rings. The van der Waals surface area contributed by atoms with Gasteiger partial charge in [0, 0.05) is 40.4 Å². The first kappa shape index (κ1) is 18.0. The smallest absolute Gasteiger partial charge is 0.0491 e. The average molecular weight is 337 g/mol. The predicted molar refractivity (Wildman–Crippen MR) is 110 cm³/mol. The molecule has 0 atom stereocenters. The Bertz CT molecular complexity index is 878. The fraction of sp³-hybridized carbons (Fsp3) is 0.478. The minimum absolute atomic E-state index is 0.130. The molecule has 0 radical (unpaired) electrons. The minimum atomic E-state index is 0.130. The Labute approximate surface area is 152 Å². The second-order valence-electron chi connectivity index (χ2n) is 9.09. The molecule has 1 aromatic heterocycles. The van der Waals surface area contributed by atoms with Crippen LogP contribution in [-0.2, 0) is 13.1 Å². The zero-order valence-electron chi connectivity index (χ0n) is 16.6. The van der Waals surface area contributed by atoms with Gasteiger partial charge in [-0.3, -0.25) is 0 Å². The molecule has 0 fully saturated rings. The summed E-state index contributed by atoms with van der Waals surface area (Å²) in [6, 6.07) is 15.7. The van der Waals surface area contributed by atoms with E-state index in [0.29, 0.717) is 5.41 Å². The van der Waals surface area contributed by atoms with Crippen LogP contribution in [0.1, 0.15) is 53.5 Å². The van der Waals surface area contributed by atoms with E-state index in [4.69, 9.17) is 0 Å². The van der Waals surface area contributed by atoms with E-state index in [1.165, 1.54) is 27.4 Å². The number of hydrogen-bond donors (Lipinski definition) is 1. The molecule has 0 saturated carbocycles. The van der Waals surface area contributed by atoms with Crippen LogP contribution in [0, 0.1) is 5.41 Å². The summed E-state index contributed by atoms with van der Waals surface area (Å²) in [7, 11) is 0. The molecule has 2 aromatic carbocycles. The standard InChI is InChI=1S/C23H32N2/c1-7-25-20-11-9-8-10-18(20)19-14-17(12-13-21(19)25)15-24-23(5,6)16-22(2,3)4/h8-14,24H,7,15-16H2,1-6H3. The molecule has 0 aliphatic carbocycles. The van der Waals surface area contributed by atoms with Gasteiger partial charge in [0.05, 0.1) is 0 Å². The van der Waals surface area contributed by atoms with Crippen LogP contribution in [0.5, 0.6) is 0 Å². The van der Waals surface area contributed by atoms with E-state index in [-0.39, 0.29) is 5.54 Å². The van der Waals surface area contributed by atoms with Gasteiger partial charge in [-0.15, -0.1) is 0 Å². The first-order valence-corrected chi connectivity index (χ1v) is 9.45. The van der Waals surface area contributed by atoms with E-state index in [0.717, 1.165) is 19.5 Å². The molecule has 1 heterocycles. The van der Waals surface area contributed by atoms with Gasteiger partial charge >= 0.3 is 0 Å². The summed E-state index contributed by atoms with van der Waals surface area (Å²) < 4.78 is 2.41. The fourth-order valence-electron chi connectivity index (χ4n) is 4.28. The Morgan fingerprint density at radius 3 is 2.24 bits per heavy atom. The summed E-state index contributed by atoms with van der Waals surface area (Å²) in [4.78, 5) is 0. The minimum Gasteiger partial charge on any atom is -0.341 e. The zero-order chi connectivity index (χ0) is 18.2. The second kappa shape index (κ2) is 6.49. The van der Waals surface area contributed by atoms with Gasteiger partial charge in [0.15, 0.2) is 0 Å². The number of nitrogens with one attached hydrogen (secondary N) is 1.